The van der Waals surface area contributed by atoms with Gasteiger partial charge in [-0.15, -0.1) is 0 Å². The predicted octanol–water partition coefficient (Wildman–Crippen LogP) is 2.98. The van der Waals surface area contributed by atoms with Crippen LogP contribution in [-0.2, 0) is 0 Å². The summed E-state index contributed by atoms with van der Waals surface area (Å²) < 4.78 is 39.6. The van der Waals surface area contributed by atoms with Crippen molar-refractivity contribution < 1.29 is 18.0 Å². The van der Waals surface area contributed by atoms with Crippen molar-refractivity contribution in [1.82, 2.24) is 4.98 Å². The molecular weight excluding hydrogens is 231 g/mol. The predicted molar refractivity (Wildman–Crippen MR) is 54.9 cm³/mol. The number of aldehydes is 1. The van der Waals surface area contributed by atoms with Crippen molar-refractivity contribution in [2.75, 3.05) is 0 Å². The van der Waals surface area contributed by atoms with Gasteiger partial charge < -0.3 is 0 Å². The largest absolute Gasteiger partial charge is 0.298 e. The van der Waals surface area contributed by atoms with Crippen LogP contribution in [0.15, 0.2) is 30.3 Å². The quantitative estimate of drug-likeness (QED) is 0.593. The van der Waals surface area contributed by atoms with E-state index in [9.17, 15) is 18.0 Å². The maximum Gasteiger partial charge on any atom is 0.224 e. The minimum Gasteiger partial charge on any atom is -0.298 e. The Hall–Kier alpha value is -2.17. The first-order chi connectivity index (χ1) is 8.13. The van der Waals surface area contributed by atoms with E-state index in [2.05, 4.69) is 4.98 Å². The van der Waals surface area contributed by atoms with Gasteiger partial charge in [0.2, 0.25) is 5.95 Å². The number of carbonyl (C=O) groups excluding carboxylic acids is 1. The summed E-state index contributed by atoms with van der Waals surface area (Å²) in [6.07, 6.45) is 0.300. The van der Waals surface area contributed by atoms with Gasteiger partial charge in [0.1, 0.15) is 0 Å². The van der Waals surface area contributed by atoms with Gasteiger partial charge in [-0.3, -0.25) is 4.79 Å². The van der Waals surface area contributed by atoms with E-state index in [-0.39, 0.29) is 16.8 Å². The van der Waals surface area contributed by atoms with Gasteiger partial charge in [-0.1, -0.05) is 6.07 Å². The number of halogens is 3. The highest BCUT2D eigenvalue weighted by molar-refractivity contribution is 5.75. The number of carbonyl (C=O) groups is 1. The van der Waals surface area contributed by atoms with Gasteiger partial charge in [0.15, 0.2) is 17.9 Å². The second-order valence-electron chi connectivity index (χ2n) is 3.30. The number of pyridine rings is 1. The van der Waals surface area contributed by atoms with Gasteiger partial charge in [-0.05, 0) is 24.3 Å². The van der Waals surface area contributed by atoms with Crippen LogP contribution in [0.4, 0.5) is 13.2 Å². The van der Waals surface area contributed by atoms with E-state index in [4.69, 9.17) is 0 Å². The highest BCUT2D eigenvalue weighted by atomic mass is 19.2. The molecule has 0 N–H and O–H groups in total. The van der Waals surface area contributed by atoms with Crippen LogP contribution in [0, 0.1) is 17.6 Å². The molecule has 0 unspecified atom stereocenters. The van der Waals surface area contributed by atoms with Gasteiger partial charge in [-0.2, -0.15) is 4.39 Å². The molecule has 2 rings (SSSR count). The summed E-state index contributed by atoms with van der Waals surface area (Å²) in [5.41, 5.74) is -0.447. The third-order valence-electron chi connectivity index (χ3n) is 2.23. The van der Waals surface area contributed by atoms with Crippen molar-refractivity contribution in [1.29, 1.82) is 0 Å². The van der Waals surface area contributed by atoms with Crippen LogP contribution >= 0.6 is 0 Å². The summed E-state index contributed by atoms with van der Waals surface area (Å²) in [6, 6.07) is 5.94. The Morgan fingerprint density at radius 2 is 1.82 bits per heavy atom. The third-order valence-corrected chi connectivity index (χ3v) is 2.23. The van der Waals surface area contributed by atoms with E-state index in [1.807, 2.05) is 0 Å². The minimum atomic E-state index is -1.10. The Morgan fingerprint density at radius 1 is 1.06 bits per heavy atom. The lowest BCUT2D eigenvalue weighted by atomic mass is 10.1. The standard InChI is InChI=1S/C12H6F3NO/c13-9-3-1-2-8(11(9)14)10-5-4-7(6-17)12(15)16-10/h1-6H. The number of nitrogens with zero attached hydrogens (tertiary/aromatic N) is 1. The third kappa shape index (κ3) is 2.04. The first-order valence-electron chi connectivity index (χ1n) is 4.69. The summed E-state index contributed by atoms with van der Waals surface area (Å²) in [4.78, 5) is 13.8. The van der Waals surface area contributed by atoms with E-state index in [0.29, 0.717) is 6.29 Å². The molecular formula is C12H6F3NO. The number of benzene rings is 1. The van der Waals surface area contributed by atoms with Crippen molar-refractivity contribution >= 4 is 6.29 Å². The first-order valence-corrected chi connectivity index (χ1v) is 4.69. The van der Waals surface area contributed by atoms with E-state index in [1.165, 1.54) is 18.2 Å². The van der Waals surface area contributed by atoms with Crippen LogP contribution < -0.4 is 0 Å². The van der Waals surface area contributed by atoms with Crippen molar-refractivity contribution in [3.05, 3.63) is 53.5 Å². The number of aromatic nitrogens is 1. The molecule has 86 valence electrons. The van der Waals surface area contributed by atoms with Crippen LogP contribution in [0.25, 0.3) is 11.3 Å². The zero-order chi connectivity index (χ0) is 12.4. The van der Waals surface area contributed by atoms with E-state index < -0.39 is 17.6 Å². The van der Waals surface area contributed by atoms with Crippen LogP contribution in [0.2, 0.25) is 0 Å². The smallest absolute Gasteiger partial charge is 0.224 e. The average Bonchev–Trinajstić information content (AvgIpc) is 2.32. The van der Waals surface area contributed by atoms with E-state index in [1.54, 1.807) is 0 Å². The lowest BCUT2D eigenvalue weighted by molar-refractivity contribution is 0.111. The lowest BCUT2D eigenvalue weighted by Crippen LogP contribution is -1.97. The lowest BCUT2D eigenvalue weighted by Gasteiger charge is -2.04. The molecule has 0 amide bonds. The summed E-state index contributed by atoms with van der Waals surface area (Å²) >= 11 is 0. The van der Waals surface area contributed by atoms with Gasteiger partial charge in [-0.25, -0.2) is 13.8 Å². The molecule has 1 heterocycles. The highest BCUT2D eigenvalue weighted by Crippen LogP contribution is 2.23. The Bertz CT molecular complexity index is 584. The highest BCUT2D eigenvalue weighted by Gasteiger charge is 2.12. The maximum absolute atomic E-state index is 13.4. The SMILES string of the molecule is O=Cc1ccc(-c2cccc(F)c2F)nc1F. The average molecular weight is 237 g/mol. The number of hydrogen-bond donors (Lipinski definition) is 0. The van der Waals surface area contributed by atoms with Crippen LogP contribution in [0.1, 0.15) is 10.4 Å². The molecule has 2 aromatic rings. The minimum absolute atomic E-state index is 0.0647. The van der Waals surface area contributed by atoms with Crippen LogP contribution in [0.5, 0.6) is 0 Å². The molecule has 0 radical (unpaired) electrons. The number of hydrogen-bond acceptors (Lipinski definition) is 2. The summed E-state index contributed by atoms with van der Waals surface area (Å²) in [6.45, 7) is 0. The fraction of sp³-hybridized carbons (Fsp3) is 0. The van der Waals surface area contributed by atoms with Crippen LogP contribution in [0.3, 0.4) is 0 Å². The Morgan fingerprint density at radius 3 is 2.47 bits per heavy atom. The second kappa shape index (κ2) is 4.37. The normalized spacial score (nSPS) is 10.3. The fourth-order valence-corrected chi connectivity index (χ4v) is 1.38. The molecule has 0 aliphatic heterocycles. The maximum atomic E-state index is 13.4. The molecule has 2 nitrogen and oxygen atoms in total. The Labute approximate surface area is 94.7 Å². The van der Waals surface area contributed by atoms with Gasteiger partial charge in [0, 0.05) is 5.56 Å². The molecule has 0 saturated heterocycles. The van der Waals surface area contributed by atoms with E-state index in [0.717, 1.165) is 12.1 Å². The molecule has 0 saturated carbocycles. The summed E-state index contributed by atoms with van der Waals surface area (Å²) in [5.74, 6) is -3.15. The van der Waals surface area contributed by atoms with Crippen molar-refractivity contribution in [2.24, 2.45) is 0 Å². The zero-order valence-electron chi connectivity index (χ0n) is 8.45. The zero-order valence-corrected chi connectivity index (χ0v) is 8.45. The molecule has 17 heavy (non-hydrogen) atoms. The molecule has 5 heteroatoms. The Balaban J connectivity index is 2.57. The second-order valence-corrected chi connectivity index (χ2v) is 3.30. The molecule has 0 spiro atoms. The van der Waals surface area contributed by atoms with Gasteiger partial charge >= 0.3 is 0 Å². The van der Waals surface area contributed by atoms with Crippen LogP contribution in [-0.4, -0.2) is 11.3 Å². The molecule has 0 fully saturated rings. The molecule has 0 bridgehead atoms. The molecule has 1 aromatic heterocycles. The van der Waals surface area contributed by atoms with E-state index >= 15 is 0 Å². The monoisotopic (exact) mass is 237 g/mol. The van der Waals surface area contributed by atoms with Crippen molar-refractivity contribution in [3.8, 4) is 11.3 Å². The summed E-state index contributed by atoms with van der Waals surface area (Å²) in [7, 11) is 0. The molecule has 0 atom stereocenters. The van der Waals surface area contributed by atoms with Gasteiger partial charge in [0.25, 0.3) is 0 Å². The fourth-order valence-electron chi connectivity index (χ4n) is 1.38. The summed E-state index contributed by atoms with van der Waals surface area (Å²) in [5, 5.41) is 0. The van der Waals surface area contributed by atoms with Gasteiger partial charge in [0.05, 0.1) is 11.3 Å². The van der Waals surface area contributed by atoms with Crippen molar-refractivity contribution in [2.45, 2.75) is 0 Å². The molecule has 1 aromatic carbocycles. The molecule has 0 aliphatic rings. The topological polar surface area (TPSA) is 30.0 Å². The number of rotatable bonds is 2. The molecule has 0 aliphatic carbocycles. The van der Waals surface area contributed by atoms with Crippen molar-refractivity contribution in [3.63, 3.8) is 0 Å². The Kier molecular flexibility index (Phi) is 2.91. The first kappa shape index (κ1) is 11.3.